The van der Waals surface area contributed by atoms with E-state index in [1.54, 1.807) is 31.4 Å². The van der Waals surface area contributed by atoms with E-state index in [-0.39, 0.29) is 10.3 Å². The maximum Gasteiger partial charge on any atom is 0.261 e. The molecule has 0 unspecified atom stereocenters. The fraction of sp³-hybridized carbons (Fsp3) is 0.211. The van der Waals surface area contributed by atoms with E-state index in [4.69, 9.17) is 16.3 Å². The van der Waals surface area contributed by atoms with Crippen molar-refractivity contribution >= 4 is 70.9 Å². The van der Waals surface area contributed by atoms with E-state index in [2.05, 4.69) is 65.4 Å². The van der Waals surface area contributed by atoms with Crippen molar-refractivity contribution < 1.29 is 13.2 Å². The minimum atomic E-state index is -3.92. The van der Waals surface area contributed by atoms with Crippen LogP contribution in [0.25, 0.3) is 49.3 Å². The number of nitrogens with one attached hydrogen (secondary N) is 2. The molecule has 0 aliphatic rings. The van der Waals surface area contributed by atoms with Crippen molar-refractivity contribution in [3.63, 3.8) is 0 Å². The van der Waals surface area contributed by atoms with E-state index in [0.717, 1.165) is 60.3 Å². The number of benzene rings is 5. The van der Waals surface area contributed by atoms with Crippen molar-refractivity contribution in [3.05, 3.63) is 106 Å². The molecule has 0 saturated carbocycles. The largest absolute Gasteiger partial charge is 0.496 e. The zero-order valence-electron chi connectivity index (χ0n) is 27.0. The lowest BCUT2D eigenvalue weighted by Gasteiger charge is -2.21. The third kappa shape index (κ3) is 4.72. The molecular weight excluding hydrogens is 614 g/mol. The number of hydrogen-bond acceptors (Lipinski definition) is 3. The summed E-state index contributed by atoms with van der Waals surface area (Å²) in [5, 5.41) is 4.81. The molecule has 0 fully saturated rings. The molecule has 0 amide bonds. The monoisotopic (exact) mass is 649 g/mol. The van der Waals surface area contributed by atoms with Gasteiger partial charge in [0.15, 0.2) is 0 Å². The first-order valence-corrected chi connectivity index (χ1v) is 17.1. The van der Waals surface area contributed by atoms with E-state index < -0.39 is 10.0 Å². The summed E-state index contributed by atoms with van der Waals surface area (Å²) in [7, 11) is -2.28. The minimum Gasteiger partial charge on any atom is -0.496 e. The second kappa shape index (κ2) is 10.5. The van der Waals surface area contributed by atoms with Gasteiger partial charge in [-0.1, -0.05) is 68.3 Å². The Bertz CT molecular complexity index is 2470. The van der Waals surface area contributed by atoms with Gasteiger partial charge in [-0.3, -0.25) is 4.72 Å². The van der Waals surface area contributed by atoms with Gasteiger partial charge >= 0.3 is 0 Å². The lowest BCUT2D eigenvalue weighted by molar-refractivity contribution is 0.408. The van der Waals surface area contributed by atoms with Gasteiger partial charge in [0.2, 0.25) is 0 Å². The highest BCUT2D eigenvalue weighted by Gasteiger charge is 2.26. The molecule has 0 atom stereocenters. The molecule has 2 heterocycles. The van der Waals surface area contributed by atoms with Gasteiger partial charge in [0.1, 0.15) is 5.75 Å². The Balaban J connectivity index is 1.61. The molecule has 234 valence electrons. The standard InChI is InChI=1S/C38H36ClN3O3S/c1-21-8-12-26(13-9-21)46(43,44)41-32-18-22(2)37(45-7)23(3)35(32)42-33-17-11-25(39)20-30(33)28-15-14-27-29-19-24(38(4,5)6)10-16-31(29)40-34(27)36(28)42/h8-20,40-41H,1-7H3. The van der Waals surface area contributed by atoms with Crippen LogP contribution in [0.5, 0.6) is 5.75 Å². The van der Waals surface area contributed by atoms with Gasteiger partial charge in [0.05, 0.1) is 39.9 Å². The minimum absolute atomic E-state index is 0.00733. The summed E-state index contributed by atoms with van der Waals surface area (Å²) in [5.41, 5.74) is 8.79. The number of hydrogen-bond donors (Lipinski definition) is 2. The van der Waals surface area contributed by atoms with Crippen molar-refractivity contribution in [2.24, 2.45) is 0 Å². The SMILES string of the molecule is COc1c(C)cc(NS(=O)(=O)c2ccc(C)cc2)c(-n2c3ccc(Cl)cc3c3ccc4c5cc(C(C)(C)C)ccc5[nH]c4c32)c1C. The van der Waals surface area contributed by atoms with Gasteiger partial charge in [-0.15, -0.1) is 0 Å². The molecule has 0 aliphatic carbocycles. The number of sulfonamides is 1. The van der Waals surface area contributed by atoms with Gasteiger partial charge in [-0.05, 0) is 85.8 Å². The molecule has 0 bridgehead atoms. The first-order valence-electron chi connectivity index (χ1n) is 15.2. The summed E-state index contributed by atoms with van der Waals surface area (Å²) in [6, 6.07) is 25.4. The van der Waals surface area contributed by atoms with Crippen LogP contribution >= 0.6 is 11.6 Å². The fourth-order valence-electron chi connectivity index (χ4n) is 6.70. The van der Waals surface area contributed by atoms with Gasteiger partial charge in [0.25, 0.3) is 10.0 Å². The van der Waals surface area contributed by atoms with Crippen LogP contribution in [-0.4, -0.2) is 25.1 Å². The first-order chi connectivity index (χ1) is 21.8. The first kappa shape index (κ1) is 30.2. The zero-order valence-corrected chi connectivity index (χ0v) is 28.5. The van der Waals surface area contributed by atoms with Crippen LogP contribution in [0.1, 0.15) is 43.0 Å². The number of methoxy groups -OCH3 is 1. The second-order valence-corrected chi connectivity index (χ2v) is 15.3. The van der Waals surface area contributed by atoms with Crippen LogP contribution in [0.15, 0.2) is 83.8 Å². The van der Waals surface area contributed by atoms with Crippen LogP contribution in [-0.2, 0) is 15.4 Å². The molecule has 0 saturated heterocycles. The van der Waals surface area contributed by atoms with Crippen LogP contribution in [0, 0.1) is 20.8 Å². The zero-order chi connectivity index (χ0) is 32.7. The third-order valence-corrected chi connectivity index (χ3v) is 10.6. The number of nitrogens with zero attached hydrogens (tertiary/aromatic N) is 1. The number of aromatic amines is 1. The topological polar surface area (TPSA) is 76.1 Å². The third-order valence-electron chi connectivity index (χ3n) is 9.00. The molecule has 2 N–H and O–H groups in total. The van der Waals surface area contributed by atoms with Gasteiger partial charge in [0, 0.05) is 37.6 Å². The molecule has 2 aromatic heterocycles. The molecule has 0 spiro atoms. The van der Waals surface area contributed by atoms with E-state index in [0.29, 0.717) is 22.1 Å². The molecular formula is C38H36ClN3O3S. The summed E-state index contributed by atoms with van der Waals surface area (Å²) in [6.07, 6.45) is 0. The Morgan fingerprint density at radius 1 is 0.826 bits per heavy atom. The Morgan fingerprint density at radius 3 is 2.24 bits per heavy atom. The number of fused-ring (bicyclic) bond motifs is 7. The molecule has 0 aliphatic heterocycles. The average Bonchev–Trinajstić information content (AvgIpc) is 3.52. The van der Waals surface area contributed by atoms with Gasteiger partial charge in [-0.25, -0.2) is 8.42 Å². The number of halogens is 1. The van der Waals surface area contributed by atoms with Crippen molar-refractivity contribution in [2.75, 3.05) is 11.8 Å². The Kier molecular flexibility index (Phi) is 6.92. The summed E-state index contributed by atoms with van der Waals surface area (Å²) in [6.45, 7) is 12.5. The van der Waals surface area contributed by atoms with E-state index >= 15 is 0 Å². The fourth-order valence-corrected chi connectivity index (χ4v) is 7.93. The summed E-state index contributed by atoms with van der Waals surface area (Å²) < 4.78 is 38.7. The van der Waals surface area contributed by atoms with Gasteiger partial charge < -0.3 is 14.3 Å². The van der Waals surface area contributed by atoms with Crippen LogP contribution in [0.3, 0.4) is 0 Å². The van der Waals surface area contributed by atoms with Crippen molar-refractivity contribution in [1.82, 2.24) is 9.55 Å². The predicted octanol–water partition coefficient (Wildman–Crippen LogP) is 10.1. The van der Waals surface area contributed by atoms with Crippen LogP contribution in [0.2, 0.25) is 5.02 Å². The Morgan fingerprint density at radius 2 is 1.54 bits per heavy atom. The molecule has 5 aromatic carbocycles. The molecule has 8 heteroatoms. The highest BCUT2D eigenvalue weighted by Crippen LogP contribution is 2.44. The lowest BCUT2D eigenvalue weighted by atomic mass is 9.86. The number of rotatable bonds is 5. The van der Waals surface area contributed by atoms with Crippen molar-refractivity contribution in [3.8, 4) is 11.4 Å². The number of H-pyrrole nitrogens is 1. The molecule has 46 heavy (non-hydrogen) atoms. The summed E-state index contributed by atoms with van der Waals surface area (Å²) in [5.74, 6) is 0.691. The predicted molar refractivity (Wildman–Crippen MR) is 192 cm³/mol. The highest BCUT2D eigenvalue weighted by molar-refractivity contribution is 7.92. The van der Waals surface area contributed by atoms with Crippen LogP contribution < -0.4 is 9.46 Å². The molecule has 7 rings (SSSR count). The quantitative estimate of drug-likeness (QED) is 0.195. The normalized spacial score (nSPS) is 12.5. The Hall–Kier alpha value is -4.46. The number of aromatic nitrogens is 2. The molecule has 7 aromatic rings. The van der Waals surface area contributed by atoms with E-state index in [1.165, 1.54) is 5.56 Å². The molecule has 6 nitrogen and oxygen atoms in total. The smallest absolute Gasteiger partial charge is 0.261 e. The average molecular weight is 650 g/mol. The second-order valence-electron chi connectivity index (χ2n) is 13.2. The lowest BCUT2D eigenvalue weighted by Crippen LogP contribution is -2.16. The maximum absolute atomic E-state index is 13.9. The van der Waals surface area contributed by atoms with Crippen molar-refractivity contribution in [1.29, 1.82) is 0 Å². The van der Waals surface area contributed by atoms with Gasteiger partial charge in [-0.2, -0.15) is 0 Å². The summed E-state index contributed by atoms with van der Waals surface area (Å²) >= 11 is 6.59. The Labute approximate surface area is 274 Å². The van der Waals surface area contributed by atoms with Crippen LogP contribution in [0.4, 0.5) is 5.69 Å². The van der Waals surface area contributed by atoms with Crippen molar-refractivity contribution in [2.45, 2.75) is 51.9 Å². The number of anilines is 1. The maximum atomic E-state index is 13.9. The summed E-state index contributed by atoms with van der Waals surface area (Å²) in [4.78, 5) is 3.91. The highest BCUT2D eigenvalue weighted by atomic mass is 35.5. The number of aryl methyl sites for hydroxylation is 2. The van der Waals surface area contributed by atoms with E-state index in [9.17, 15) is 8.42 Å². The van der Waals surface area contributed by atoms with E-state index in [1.807, 2.05) is 45.0 Å². The number of ether oxygens (including phenoxy) is 1. The molecule has 0 radical (unpaired) electrons.